The molecule has 18 heavy (non-hydrogen) atoms. The van der Waals surface area contributed by atoms with E-state index in [9.17, 15) is 14.9 Å². The number of carbonyl (C=O) groups is 1. The van der Waals surface area contributed by atoms with Crippen molar-refractivity contribution in [2.24, 2.45) is 5.73 Å². The molecule has 98 valence electrons. The smallest absolute Gasteiger partial charge is 0.293 e. The first-order chi connectivity index (χ1) is 8.30. The number of anilines is 1. The van der Waals surface area contributed by atoms with Gasteiger partial charge in [-0.3, -0.25) is 14.9 Å². The molecule has 1 rings (SSSR count). The minimum atomic E-state index is -1.00. The summed E-state index contributed by atoms with van der Waals surface area (Å²) in [5.41, 5.74) is 4.54. The van der Waals surface area contributed by atoms with Crippen molar-refractivity contribution in [2.75, 3.05) is 5.32 Å². The Kier molecular flexibility index (Phi) is 4.49. The SMILES string of the molecule is CCC(C)(Nc1ccc(I)cc1[N+](=O)[O-])C(N)=O. The van der Waals surface area contributed by atoms with Crippen molar-refractivity contribution in [3.05, 3.63) is 31.9 Å². The van der Waals surface area contributed by atoms with Gasteiger partial charge in [0, 0.05) is 9.64 Å². The van der Waals surface area contributed by atoms with Crippen LogP contribution in [0, 0.1) is 13.7 Å². The minimum Gasteiger partial charge on any atom is -0.368 e. The third-order valence-corrected chi connectivity index (χ3v) is 3.49. The van der Waals surface area contributed by atoms with Crippen LogP contribution in [0.5, 0.6) is 0 Å². The van der Waals surface area contributed by atoms with Gasteiger partial charge in [-0.2, -0.15) is 0 Å². The van der Waals surface area contributed by atoms with Gasteiger partial charge in [0.2, 0.25) is 5.91 Å². The molecule has 0 aliphatic heterocycles. The number of amides is 1. The molecule has 0 aromatic heterocycles. The molecule has 1 aromatic carbocycles. The first-order valence-corrected chi connectivity index (χ1v) is 6.40. The number of hydrogen-bond acceptors (Lipinski definition) is 4. The molecule has 0 heterocycles. The summed E-state index contributed by atoms with van der Waals surface area (Å²) in [6.07, 6.45) is 0.436. The molecule has 1 atom stereocenters. The maximum absolute atomic E-state index is 11.4. The lowest BCUT2D eigenvalue weighted by molar-refractivity contribution is -0.384. The molecule has 0 saturated heterocycles. The highest BCUT2D eigenvalue weighted by atomic mass is 127. The number of benzene rings is 1. The number of primary amides is 1. The Morgan fingerprint density at radius 2 is 2.22 bits per heavy atom. The molecular formula is C11H14IN3O3. The normalized spacial score (nSPS) is 13.7. The molecule has 0 aliphatic carbocycles. The molecule has 0 saturated carbocycles. The number of hydrogen-bond donors (Lipinski definition) is 2. The molecule has 0 radical (unpaired) electrons. The molecule has 0 spiro atoms. The summed E-state index contributed by atoms with van der Waals surface area (Å²) < 4.78 is 0.752. The fraction of sp³-hybridized carbons (Fsp3) is 0.364. The van der Waals surface area contributed by atoms with Gasteiger partial charge in [-0.05, 0) is 48.1 Å². The van der Waals surface area contributed by atoms with Gasteiger partial charge in [0.15, 0.2) is 0 Å². The van der Waals surface area contributed by atoms with Crippen molar-refractivity contribution in [3.63, 3.8) is 0 Å². The van der Waals surface area contributed by atoms with Gasteiger partial charge in [0.05, 0.1) is 4.92 Å². The summed E-state index contributed by atoms with van der Waals surface area (Å²) in [6.45, 7) is 3.41. The maximum Gasteiger partial charge on any atom is 0.293 e. The second-order valence-electron chi connectivity index (χ2n) is 4.09. The zero-order valence-electron chi connectivity index (χ0n) is 10.1. The highest BCUT2D eigenvalue weighted by molar-refractivity contribution is 14.1. The number of carbonyl (C=O) groups excluding carboxylic acids is 1. The topological polar surface area (TPSA) is 98.3 Å². The van der Waals surface area contributed by atoms with Crippen LogP contribution in [-0.2, 0) is 4.79 Å². The van der Waals surface area contributed by atoms with Gasteiger partial charge in [0.1, 0.15) is 11.2 Å². The monoisotopic (exact) mass is 363 g/mol. The van der Waals surface area contributed by atoms with Gasteiger partial charge in [0.25, 0.3) is 5.69 Å². The number of rotatable bonds is 5. The number of nitrogens with two attached hydrogens (primary N) is 1. The van der Waals surface area contributed by atoms with E-state index in [0.29, 0.717) is 12.1 Å². The number of nitrogens with one attached hydrogen (secondary N) is 1. The van der Waals surface area contributed by atoms with Gasteiger partial charge >= 0.3 is 0 Å². The van der Waals surface area contributed by atoms with Crippen LogP contribution < -0.4 is 11.1 Å². The second-order valence-corrected chi connectivity index (χ2v) is 5.34. The lowest BCUT2D eigenvalue weighted by Crippen LogP contribution is -2.47. The quantitative estimate of drug-likeness (QED) is 0.476. The van der Waals surface area contributed by atoms with Gasteiger partial charge in [-0.15, -0.1) is 0 Å². The van der Waals surface area contributed by atoms with Crippen LogP contribution in [0.15, 0.2) is 18.2 Å². The number of nitro groups is 1. The number of nitrogens with zero attached hydrogens (tertiary/aromatic N) is 1. The molecule has 3 N–H and O–H groups in total. The molecule has 7 heteroatoms. The lowest BCUT2D eigenvalue weighted by atomic mass is 9.97. The average molecular weight is 363 g/mol. The molecule has 0 bridgehead atoms. The summed E-state index contributed by atoms with van der Waals surface area (Å²) in [4.78, 5) is 21.9. The van der Waals surface area contributed by atoms with Gasteiger partial charge in [-0.1, -0.05) is 6.92 Å². The standard InChI is InChI=1S/C11H14IN3O3/c1-3-11(2,10(13)16)14-8-5-4-7(12)6-9(8)15(17)18/h4-6,14H,3H2,1-2H3,(H2,13,16). The van der Waals surface area contributed by atoms with Gasteiger partial charge in [-0.25, -0.2) is 0 Å². The fourth-order valence-electron chi connectivity index (χ4n) is 1.38. The molecule has 1 amide bonds. The van der Waals surface area contributed by atoms with Crippen LogP contribution >= 0.6 is 22.6 Å². The molecule has 1 aromatic rings. The lowest BCUT2D eigenvalue weighted by Gasteiger charge is -2.26. The van der Waals surface area contributed by atoms with Crippen LogP contribution in [0.3, 0.4) is 0 Å². The first kappa shape index (κ1) is 14.7. The third-order valence-electron chi connectivity index (χ3n) is 2.82. The predicted molar refractivity (Wildman–Crippen MR) is 77.3 cm³/mol. The van der Waals surface area contributed by atoms with Crippen LogP contribution in [0.25, 0.3) is 0 Å². The Morgan fingerprint density at radius 1 is 1.61 bits per heavy atom. The largest absolute Gasteiger partial charge is 0.368 e. The van der Waals surface area contributed by atoms with Crippen LogP contribution in [0.2, 0.25) is 0 Å². The van der Waals surface area contributed by atoms with E-state index >= 15 is 0 Å². The Morgan fingerprint density at radius 3 is 2.67 bits per heavy atom. The van der Waals surface area contributed by atoms with Crippen molar-refractivity contribution in [1.82, 2.24) is 0 Å². The molecule has 0 fully saturated rings. The molecular weight excluding hydrogens is 349 g/mol. The van der Waals surface area contributed by atoms with Crippen molar-refractivity contribution >= 4 is 39.9 Å². The van der Waals surface area contributed by atoms with Gasteiger partial charge < -0.3 is 11.1 Å². The first-order valence-electron chi connectivity index (χ1n) is 5.32. The van der Waals surface area contributed by atoms with E-state index in [-0.39, 0.29) is 5.69 Å². The zero-order valence-corrected chi connectivity index (χ0v) is 12.2. The van der Waals surface area contributed by atoms with E-state index in [1.165, 1.54) is 6.07 Å². The summed E-state index contributed by atoms with van der Waals surface area (Å²) in [7, 11) is 0. The number of nitro benzene ring substituents is 1. The fourth-order valence-corrected chi connectivity index (χ4v) is 1.86. The molecule has 0 aliphatic rings. The van der Waals surface area contributed by atoms with Crippen molar-refractivity contribution in [1.29, 1.82) is 0 Å². The molecule has 6 nitrogen and oxygen atoms in total. The van der Waals surface area contributed by atoms with Crippen LogP contribution in [0.1, 0.15) is 20.3 Å². The maximum atomic E-state index is 11.4. The predicted octanol–water partition coefficient (Wildman–Crippen LogP) is 2.27. The Balaban J connectivity index is 3.18. The third kappa shape index (κ3) is 3.09. The summed E-state index contributed by atoms with van der Waals surface area (Å²) >= 11 is 1.99. The van der Waals surface area contributed by atoms with E-state index in [2.05, 4.69) is 5.32 Å². The average Bonchev–Trinajstić information content (AvgIpc) is 2.30. The summed E-state index contributed by atoms with van der Waals surface area (Å²) in [5, 5.41) is 13.8. The molecule has 1 unspecified atom stereocenters. The van der Waals surface area contributed by atoms with E-state index in [4.69, 9.17) is 5.73 Å². The van der Waals surface area contributed by atoms with Crippen molar-refractivity contribution in [2.45, 2.75) is 25.8 Å². The van der Waals surface area contributed by atoms with Crippen molar-refractivity contribution in [3.8, 4) is 0 Å². The zero-order chi connectivity index (χ0) is 13.9. The van der Waals surface area contributed by atoms with E-state index in [1.54, 1.807) is 26.0 Å². The Labute approximate surface area is 118 Å². The Bertz CT molecular complexity index is 492. The van der Waals surface area contributed by atoms with Crippen molar-refractivity contribution < 1.29 is 9.72 Å². The van der Waals surface area contributed by atoms with Crippen LogP contribution in [0.4, 0.5) is 11.4 Å². The number of halogens is 1. The summed E-state index contributed by atoms with van der Waals surface area (Å²) in [6, 6.07) is 4.75. The van der Waals surface area contributed by atoms with E-state index in [1.807, 2.05) is 22.6 Å². The second kappa shape index (κ2) is 5.51. The van der Waals surface area contributed by atoms with E-state index < -0.39 is 16.4 Å². The highest BCUT2D eigenvalue weighted by Crippen LogP contribution is 2.29. The van der Waals surface area contributed by atoms with Crippen LogP contribution in [-0.4, -0.2) is 16.4 Å². The van der Waals surface area contributed by atoms with E-state index in [0.717, 1.165) is 3.57 Å². The minimum absolute atomic E-state index is 0.0668. The summed E-state index contributed by atoms with van der Waals surface area (Å²) in [5.74, 6) is -0.544. The highest BCUT2D eigenvalue weighted by Gasteiger charge is 2.31. The Hall–Kier alpha value is -1.38.